The maximum absolute atomic E-state index is 9.65. The summed E-state index contributed by atoms with van der Waals surface area (Å²) < 4.78 is 0. The Kier molecular flexibility index (Phi) is 39.9. The maximum Gasteiger partial charge on any atom is 0.376 e. The number of hydrogen-bond acceptors (Lipinski definition) is 5. The fourth-order valence-corrected chi connectivity index (χ4v) is 2.02. The quantitative estimate of drug-likeness (QED) is 0.455. The van der Waals surface area contributed by atoms with Gasteiger partial charge in [0.1, 0.15) is 0 Å². The minimum atomic E-state index is -0.883. The Labute approximate surface area is 106 Å². The Morgan fingerprint density at radius 3 is 1.90 bits per heavy atom. The molecule has 0 rings (SSSR count). The molecule has 1 N–H and O–H groups in total. The van der Waals surface area contributed by atoms with Crippen LogP contribution in [0.2, 0.25) is 0 Å². The molecule has 0 spiro atoms. The Balaban J connectivity index is -0.0000000600. The molecule has 0 aliphatic carbocycles. The molecule has 0 saturated heterocycles. The molecule has 0 aliphatic heterocycles. The molecule has 2 radical (unpaired) electrons. The van der Waals surface area contributed by atoms with Crippen molar-refractivity contribution in [1.29, 1.82) is 0 Å². The molecule has 2 nitrogen and oxygen atoms in total. The van der Waals surface area contributed by atoms with Crippen LogP contribution >= 0.6 is 42.1 Å². The summed E-state index contributed by atoms with van der Waals surface area (Å²) in [4.78, 5) is 9.65. The zero-order valence-electron chi connectivity index (χ0n) is 4.01. The van der Waals surface area contributed by atoms with Crippen molar-refractivity contribution in [2.24, 2.45) is 0 Å². The van der Waals surface area contributed by atoms with Crippen molar-refractivity contribution >= 4 is 47.4 Å². The van der Waals surface area contributed by atoms with Crippen molar-refractivity contribution in [2.45, 2.75) is 0 Å². The molecule has 0 aromatic rings. The summed E-state index contributed by atoms with van der Waals surface area (Å²) in [6.07, 6.45) is 0. The van der Waals surface area contributed by atoms with E-state index in [2.05, 4.69) is 11.7 Å². The van der Waals surface area contributed by atoms with Crippen molar-refractivity contribution < 1.29 is 60.0 Å². The SMILES string of the molecule is O=C(O)SSSS.[Co].[Co].[Ni]. The summed E-state index contributed by atoms with van der Waals surface area (Å²) in [6.45, 7) is 0. The predicted octanol–water partition coefficient (Wildman–Crippen LogP) is 2.53. The van der Waals surface area contributed by atoms with Gasteiger partial charge in [0.15, 0.2) is 0 Å². The van der Waals surface area contributed by atoms with Gasteiger partial charge in [0.25, 0.3) is 0 Å². The molecule has 0 unspecified atom stereocenters. The summed E-state index contributed by atoms with van der Waals surface area (Å²) in [6, 6.07) is 0. The van der Waals surface area contributed by atoms with Crippen molar-refractivity contribution in [1.82, 2.24) is 0 Å². The first-order valence-electron chi connectivity index (χ1n) is 1.15. The van der Waals surface area contributed by atoms with Gasteiger partial charge in [0.2, 0.25) is 0 Å². The van der Waals surface area contributed by atoms with Gasteiger partial charge < -0.3 is 5.11 Å². The minimum Gasteiger partial charge on any atom is -0.472 e. The van der Waals surface area contributed by atoms with Gasteiger partial charge in [-0.2, -0.15) is 0 Å². The van der Waals surface area contributed by atoms with Crippen molar-refractivity contribution in [3.63, 3.8) is 0 Å². The Bertz CT molecular complexity index is 74.3. The number of rotatable bonds is 2. The molecule has 0 fully saturated rings. The van der Waals surface area contributed by atoms with E-state index >= 15 is 0 Å². The van der Waals surface area contributed by atoms with Crippen molar-refractivity contribution in [3.8, 4) is 0 Å². The van der Waals surface area contributed by atoms with Crippen LogP contribution in [0.25, 0.3) is 0 Å². The monoisotopic (exact) mass is 350 g/mol. The number of hydrogen-bond donors (Lipinski definition) is 2. The first kappa shape index (κ1) is 22.8. The molecule has 0 bridgehead atoms. The second-order valence-corrected chi connectivity index (χ2v) is 5.21. The van der Waals surface area contributed by atoms with E-state index in [1.807, 2.05) is 0 Å². The molecule has 0 aliphatic rings. The summed E-state index contributed by atoms with van der Waals surface area (Å²) in [5.41, 5.74) is 0. The van der Waals surface area contributed by atoms with E-state index in [0.29, 0.717) is 0 Å². The fraction of sp³-hybridized carbons (Fsp3) is 0. The van der Waals surface area contributed by atoms with Crippen molar-refractivity contribution in [2.75, 3.05) is 0 Å². The van der Waals surface area contributed by atoms with Gasteiger partial charge in [-0.1, -0.05) is 11.7 Å². The standard InChI is InChI=1S/CH2O2S4.2Co.Ni/c2-1(3)5-7-6-4;;;/h4H,(H,2,3);;;. The molecular formula is CH2Co2NiO2S4. The first-order chi connectivity index (χ1) is 3.27. The van der Waals surface area contributed by atoms with Crippen LogP contribution in [0, 0.1) is 0 Å². The van der Waals surface area contributed by atoms with Crippen LogP contribution in [0.5, 0.6) is 0 Å². The third kappa shape index (κ3) is 22.4. The van der Waals surface area contributed by atoms with Crippen LogP contribution in [-0.2, 0) is 50.0 Å². The van der Waals surface area contributed by atoms with Gasteiger partial charge in [0, 0.05) is 60.8 Å². The van der Waals surface area contributed by atoms with Crippen LogP contribution < -0.4 is 0 Å². The van der Waals surface area contributed by atoms with Gasteiger partial charge in [-0.3, -0.25) is 0 Å². The van der Waals surface area contributed by atoms with E-state index in [0.717, 1.165) is 30.4 Å². The second-order valence-electron chi connectivity index (χ2n) is 0.492. The molecular weight excluding hydrogens is 349 g/mol. The third-order valence-electron chi connectivity index (χ3n) is 0.136. The molecule has 0 atom stereocenters. The Hall–Kier alpha value is 2.38. The normalized spacial score (nSPS) is 6.10. The first-order valence-corrected chi connectivity index (χ1v) is 5.68. The molecule has 70 valence electrons. The fourth-order valence-electron chi connectivity index (χ4n) is 0.0443. The van der Waals surface area contributed by atoms with Gasteiger partial charge in [-0.15, -0.1) is 0 Å². The molecule has 10 heavy (non-hydrogen) atoms. The van der Waals surface area contributed by atoms with Crippen molar-refractivity contribution in [3.05, 3.63) is 0 Å². The van der Waals surface area contributed by atoms with E-state index in [9.17, 15) is 4.79 Å². The van der Waals surface area contributed by atoms with Crippen LogP contribution in [0.15, 0.2) is 0 Å². The Morgan fingerprint density at radius 2 is 1.80 bits per heavy atom. The predicted molar refractivity (Wildman–Crippen MR) is 39.8 cm³/mol. The van der Waals surface area contributed by atoms with E-state index in [1.165, 1.54) is 0 Å². The van der Waals surface area contributed by atoms with E-state index in [-0.39, 0.29) is 50.0 Å². The van der Waals surface area contributed by atoms with E-state index < -0.39 is 5.30 Å². The zero-order chi connectivity index (χ0) is 5.70. The topological polar surface area (TPSA) is 37.3 Å². The molecule has 0 amide bonds. The summed E-state index contributed by atoms with van der Waals surface area (Å²) in [7, 11) is 2.99. The molecule has 0 aromatic heterocycles. The van der Waals surface area contributed by atoms with Crippen LogP contribution in [0.1, 0.15) is 0 Å². The molecule has 0 heterocycles. The maximum atomic E-state index is 9.65. The number of carbonyl (C=O) groups is 1. The van der Waals surface area contributed by atoms with Gasteiger partial charge in [-0.25, -0.2) is 4.79 Å². The molecule has 9 heteroatoms. The van der Waals surface area contributed by atoms with E-state index in [4.69, 9.17) is 5.11 Å². The summed E-state index contributed by atoms with van der Waals surface area (Å²) >= 11 is 3.69. The van der Waals surface area contributed by atoms with E-state index in [1.54, 1.807) is 0 Å². The van der Waals surface area contributed by atoms with Gasteiger partial charge >= 0.3 is 5.30 Å². The summed E-state index contributed by atoms with van der Waals surface area (Å²) in [5, 5.41) is 7.06. The number of thiol groups is 1. The van der Waals surface area contributed by atoms with Gasteiger partial charge in [-0.05, 0) is 19.7 Å². The van der Waals surface area contributed by atoms with Gasteiger partial charge in [0.05, 0.1) is 0 Å². The second kappa shape index (κ2) is 17.5. The largest absolute Gasteiger partial charge is 0.472 e. The number of carboxylic acid groups (broad SMARTS) is 1. The average Bonchev–Trinajstić information content (AvgIpc) is 1.61. The smallest absolute Gasteiger partial charge is 0.376 e. The van der Waals surface area contributed by atoms with Crippen LogP contribution in [-0.4, -0.2) is 10.4 Å². The molecule has 0 saturated carbocycles. The molecule has 0 aromatic carbocycles. The Morgan fingerprint density at radius 1 is 1.40 bits per heavy atom. The summed E-state index contributed by atoms with van der Waals surface area (Å²) in [5.74, 6) is 0. The average molecular weight is 351 g/mol. The van der Waals surface area contributed by atoms with Crippen LogP contribution in [0.4, 0.5) is 4.79 Å². The third-order valence-corrected chi connectivity index (χ3v) is 4.02. The zero-order valence-corrected chi connectivity index (χ0v) is 10.4. The van der Waals surface area contributed by atoms with Crippen LogP contribution in [0.3, 0.4) is 0 Å². The minimum absolute atomic E-state index is 0.